The zero-order chi connectivity index (χ0) is 12.9. The van der Waals surface area contributed by atoms with Gasteiger partial charge in [-0.25, -0.2) is 0 Å². The van der Waals surface area contributed by atoms with Gasteiger partial charge < -0.3 is 10.1 Å². The van der Waals surface area contributed by atoms with Gasteiger partial charge in [-0.1, -0.05) is 6.07 Å². The zero-order valence-corrected chi connectivity index (χ0v) is 9.92. The van der Waals surface area contributed by atoms with E-state index in [1.54, 1.807) is 6.07 Å². The van der Waals surface area contributed by atoms with Gasteiger partial charge in [0, 0.05) is 13.0 Å². The first kappa shape index (κ1) is 12.0. The van der Waals surface area contributed by atoms with E-state index in [2.05, 4.69) is 5.32 Å². The minimum atomic E-state index is -4.27. The van der Waals surface area contributed by atoms with Crippen molar-refractivity contribution >= 4 is 0 Å². The van der Waals surface area contributed by atoms with E-state index in [0.29, 0.717) is 6.42 Å². The van der Waals surface area contributed by atoms with E-state index in [9.17, 15) is 13.2 Å². The zero-order valence-electron chi connectivity index (χ0n) is 9.92. The maximum Gasteiger partial charge on any atom is 0.416 e. The summed E-state index contributed by atoms with van der Waals surface area (Å²) in [6, 6.07) is 4.03. The molecule has 0 radical (unpaired) electrons. The Labute approximate surface area is 103 Å². The number of hydrogen-bond donors (Lipinski definition) is 1. The molecule has 98 valence electrons. The average Bonchev–Trinajstić information content (AvgIpc) is 2.63. The van der Waals surface area contributed by atoms with Crippen LogP contribution in [-0.2, 0) is 17.3 Å². The van der Waals surface area contributed by atoms with Gasteiger partial charge in [-0.3, -0.25) is 0 Å². The fourth-order valence-corrected chi connectivity index (χ4v) is 2.80. The topological polar surface area (TPSA) is 21.3 Å². The first-order chi connectivity index (χ1) is 8.45. The maximum absolute atomic E-state index is 12.6. The van der Waals surface area contributed by atoms with Gasteiger partial charge in [-0.2, -0.15) is 13.2 Å². The Morgan fingerprint density at radius 3 is 2.83 bits per heavy atom. The van der Waals surface area contributed by atoms with Gasteiger partial charge in [-0.15, -0.1) is 0 Å². The molecule has 0 spiro atoms. The third-order valence-electron chi connectivity index (χ3n) is 3.63. The molecular formula is C13H14F3NO. The normalized spacial score (nSPS) is 31.0. The number of nitrogens with one attached hydrogen (secondary N) is 1. The predicted molar refractivity (Wildman–Crippen MR) is 60.2 cm³/mol. The van der Waals surface area contributed by atoms with E-state index < -0.39 is 11.7 Å². The number of benzene rings is 1. The van der Waals surface area contributed by atoms with E-state index in [0.717, 1.165) is 23.7 Å². The van der Waals surface area contributed by atoms with Gasteiger partial charge in [0.05, 0.1) is 23.8 Å². The Kier molecular flexibility index (Phi) is 2.64. The van der Waals surface area contributed by atoms with Crippen molar-refractivity contribution in [3.63, 3.8) is 0 Å². The van der Waals surface area contributed by atoms with Crippen LogP contribution in [0.15, 0.2) is 18.2 Å². The second-order valence-electron chi connectivity index (χ2n) is 4.99. The van der Waals surface area contributed by atoms with Crippen LogP contribution in [0.3, 0.4) is 0 Å². The fourth-order valence-electron chi connectivity index (χ4n) is 2.80. The van der Waals surface area contributed by atoms with Crippen molar-refractivity contribution in [1.29, 1.82) is 0 Å². The van der Waals surface area contributed by atoms with E-state index in [4.69, 9.17) is 4.74 Å². The molecule has 0 aromatic heterocycles. The molecule has 1 fully saturated rings. The molecule has 1 N–H and O–H groups in total. The molecule has 1 heterocycles. The van der Waals surface area contributed by atoms with Gasteiger partial charge in [0.2, 0.25) is 0 Å². The van der Waals surface area contributed by atoms with Crippen LogP contribution in [-0.4, -0.2) is 18.8 Å². The molecule has 3 rings (SSSR count). The quantitative estimate of drug-likeness (QED) is 0.771. The molecule has 2 aliphatic rings. The van der Waals surface area contributed by atoms with Gasteiger partial charge in [0.15, 0.2) is 0 Å². The molecule has 3 atom stereocenters. The second kappa shape index (κ2) is 3.96. The largest absolute Gasteiger partial charge is 0.416 e. The van der Waals surface area contributed by atoms with Crippen molar-refractivity contribution in [3.8, 4) is 0 Å². The van der Waals surface area contributed by atoms with Crippen LogP contribution in [0.25, 0.3) is 0 Å². The molecule has 0 bridgehead atoms. The molecule has 0 saturated carbocycles. The lowest BCUT2D eigenvalue weighted by atomic mass is 10.0. The lowest BCUT2D eigenvalue weighted by Gasteiger charge is -2.32. The highest BCUT2D eigenvalue weighted by molar-refractivity contribution is 5.41. The third kappa shape index (κ3) is 1.91. The minimum absolute atomic E-state index is 0.0350. The molecule has 1 aromatic rings. The minimum Gasteiger partial charge on any atom is -0.372 e. The van der Waals surface area contributed by atoms with Crippen LogP contribution in [0.1, 0.15) is 29.7 Å². The summed E-state index contributed by atoms with van der Waals surface area (Å²) in [5.74, 6) is 0. The molecule has 0 amide bonds. The van der Waals surface area contributed by atoms with Crippen LogP contribution in [0.4, 0.5) is 13.2 Å². The highest BCUT2D eigenvalue weighted by Gasteiger charge is 2.39. The number of halogens is 3. The first-order valence-electron chi connectivity index (χ1n) is 6.04. The molecule has 1 saturated heterocycles. The predicted octanol–water partition coefficient (Wildman–Crippen LogP) is 2.68. The Bertz CT molecular complexity index is 472. The Morgan fingerprint density at radius 2 is 2.11 bits per heavy atom. The smallest absolute Gasteiger partial charge is 0.372 e. The molecule has 1 aromatic carbocycles. The van der Waals surface area contributed by atoms with Gasteiger partial charge in [0.25, 0.3) is 0 Å². The van der Waals surface area contributed by atoms with Gasteiger partial charge >= 0.3 is 6.18 Å². The Hall–Kier alpha value is -1.07. The van der Waals surface area contributed by atoms with Crippen LogP contribution in [0.5, 0.6) is 0 Å². The standard InChI is InChI=1S/C13H14F3NO/c1-7-6-17-12-10-3-2-9(13(14,15)16)4-8(10)5-11(12)18-7/h2-4,7,11-12,17H,5-6H2,1H3/t7-,11?,12?/m0/s1. The average molecular weight is 257 g/mol. The van der Waals surface area contributed by atoms with E-state index in [1.807, 2.05) is 6.92 Å². The van der Waals surface area contributed by atoms with E-state index in [1.165, 1.54) is 6.07 Å². The molecule has 5 heteroatoms. The van der Waals surface area contributed by atoms with Crippen LogP contribution in [0.2, 0.25) is 0 Å². The summed E-state index contributed by atoms with van der Waals surface area (Å²) in [5.41, 5.74) is 1.12. The van der Waals surface area contributed by atoms with Crippen molar-refractivity contribution in [3.05, 3.63) is 34.9 Å². The molecule has 2 unspecified atom stereocenters. The molecule has 2 nitrogen and oxygen atoms in total. The highest BCUT2D eigenvalue weighted by Crippen LogP contribution is 2.39. The Morgan fingerprint density at radius 1 is 1.33 bits per heavy atom. The molecule has 1 aliphatic heterocycles. The van der Waals surface area contributed by atoms with Crippen LogP contribution < -0.4 is 5.32 Å². The maximum atomic E-state index is 12.6. The molecule has 18 heavy (non-hydrogen) atoms. The van der Waals surface area contributed by atoms with E-state index >= 15 is 0 Å². The lowest BCUT2D eigenvalue weighted by Crippen LogP contribution is -2.44. The number of ether oxygens (including phenoxy) is 1. The summed E-state index contributed by atoms with van der Waals surface area (Å²) < 4.78 is 43.7. The van der Waals surface area contributed by atoms with Crippen molar-refractivity contribution in [1.82, 2.24) is 5.32 Å². The number of fused-ring (bicyclic) bond motifs is 3. The fraction of sp³-hybridized carbons (Fsp3) is 0.538. The van der Waals surface area contributed by atoms with Crippen molar-refractivity contribution in [2.75, 3.05) is 6.54 Å². The number of alkyl halides is 3. The summed E-state index contributed by atoms with van der Waals surface area (Å²) in [7, 11) is 0. The summed E-state index contributed by atoms with van der Waals surface area (Å²) in [4.78, 5) is 0. The Balaban J connectivity index is 1.93. The summed E-state index contributed by atoms with van der Waals surface area (Å²) >= 11 is 0. The monoisotopic (exact) mass is 257 g/mol. The summed E-state index contributed by atoms with van der Waals surface area (Å²) in [6.45, 7) is 2.70. The number of rotatable bonds is 0. The van der Waals surface area contributed by atoms with Crippen LogP contribution >= 0.6 is 0 Å². The van der Waals surface area contributed by atoms with Crippen molar-refractivity contribution in [2.45, 2.75) is 37.8 Å². The number of morpholine rings is 1. The van der Waals surface area contributed by atoms with Crippen LogP contribution in [0, 0.1) is 0 Å². The highest BCUT2D eigenvalue weighted by atomic mass is 19.4. The summed E-state index contributed by atoms with van der Waals surface area (Å²) in [5, 5.41) is 3.34. The summed E-state index contributed by atoms with van der Waals surface area (Å²) in [6.07, 6.45) is -3.64. The molecule has 1 aliphatic carbocycles. The number of hydrogen-bond acceptors (Lipinski definition) is 2. The second-order valence-corrected chi connectivity index (χ2v) is 4.99. The van der Waals surface area contributed by atoms with Gasteiger partial charge in [0.1, 0.15) is 0 Å². The first-order valence-corrected chi connectivity index (χ1v) is 6.04. The SMILES string of the molecule is C[C@H]1CNC2c3ccc(C(F)(F)F)cc3CC2O1. The lowest BCUT2D eigenvalue weighted by molar-refractivity contribution is -0.137. The van der Waals surface area contributed by atoms with Crippen molar-refractivity contribution < 1.29 is 17.9 Å². The van der Waals surface area contributed by atoms with E-state index in [-0.39, 0.29) is 18.2 Å². The third-order valence-corrected chi connectivity index (χ3v) is 3.63. The van der Waals surface area contributed by atoms with Crippen molar-refractivity contribution in [2.24, 2.45) is 0 Å². The van der Waals surface area contributed by atoms with Gasteiger partial charge in [-0.05, 0) is 30.2 Å². The molecular weight excluding hydrogens is 243 g/mol.